The quantitative estimate of drug-likeness (QED) is 0.743. The van der Waals surface area contributed by atoms with Crippen LogP contribution in [0.5, 0.6) is 0 Å². The summed E-state index contributed by atoms with van der Waals surface area (Å²) in [4.78, 5) is 11.7. The second kappa shape index (κ2) is 5.38. The number of carbonyl (C=O) groups excluding carboxylic acids is 1. The van der Waals surface area contributed by atoms with Crippen molar-refractivity contribution in [1.29, 1.82) is 0 Å². The molecule has 0 radical (unpaired) electrons. The Morgan fingerprint density at radius 3 is 2.69 bits per heavy atom. The maximum Gasteiger partial charge on any atom is 0.225 e. The molecule has 2 N–H and O–H groups in total. The van der Waals surface area contributed by atoms with Gasteiger partial charge in [0.2, 0.25) is 5.91 Å². The van der Waals surface area contributed by atoms with Crippen LogP contribution < -0.4 is 10.6 Å². The Morgan fingerprint density at radius 1 is 1.50 bits per heavy atom. The minimum Gasteiger partial charge on any atom is -0.381 e. The number of hydrogen-bond donors (Lipinski definition) is 2. The van der Waals surface area contributed by atoms with Crippen molar-refractivity contribution >= 4 is 17.7 Å². The van der Waals surface area contributed by atoms with Crippen molar-refractivity contribution in [3.05, 3.63) is 0 Å². The van der Waals surface area contributed by atoms with E-state index in [1.54, 1.807) is 0 Å². The normalized spacial score (nSPS) is 24.8. The highest BCUT2D eigenvalue weighted by molar-refractivity contribution is 8.00. The minimum absolute atomic E-state index is 0.193. The standard InChI is InChI=1S/C11H20N2O2S/c1-16-11(2-4-15-5-3-11)8-13-10(14)9-6-12-7-9/h9,12H,2-8H2,1H3,(H,13,14). The number of thioether (sulfide) groups is 1. The van der Waals surface area contributed by atoms with Crippen LogP contribution in [-0.2, 0) is 9.53 Å². The zero-order valence-corrected chi connectivity index (χ0v) is 10.6. The molecule has 4 nitrogen and oxygen atoms in total. The largest absolute Gasteiger partial charge is 0.381 e. The molecular weight excluding hydrogens is 224 g/mol. The lowest BCUT2D eigenvalue weighted by Crippen LogP contribution is -2.53. The molecule has 1 amide bonds. The van der Waals surface area contributed by atoms with Gasteiger partial charge < -0.3 is 15.4 Å². The first kappa shape index (κ1) is 12.2. The third kappa shape index (κ3) is 2.70. The highest BCUT2D eigenvalue weighted by atomic mass is 32.2. The zero-order valence-electron chi connectivity index (χ0n) is 9.75. The van der Waals surface area contributed by atoms with Gasteiger partial charge >= 0.3 is 0 Å². The fraction of sp³-hybridized carbons (Fsp3) is 0.909. The maximum atomic E-state index is 11.7. The van der Waals surface area contributed by atoms with Gasteiger partial charge in [0.1, 0.15) is 0 Å². The van der Waals surface area contributed by atoms with Crippen LogP contribution in [0.3, 0.4) is 0 Å². The molecule has 0 aromatic heterocycles. The van der Waals surface area contributed by atoms with Gasteiger partial charge in [-0.1, -0.05) is 0 Å². The van der Waals surface area contributed by atoms with Gasteiger partial charge in [-0.2, -0.15) is 11.8 Å². The van der Waals surface area contributed by atoms with E-state index in [4.69, 9.17) is 4.74 Å². The Labute approximate surface area is 101 Å². The minimum atomic E-state index is 0.193. The summed E-state index contributed by atoms with van der Waals surface area (Å²) in [5, 5.41) is 6.21. The average Bonchev–Trinajstić information content (AvgIpc) is 2.25. The molecule has 92 valence electrons. The molecular formula is C11H20N2O2S. The summed E-state index contributed by atoms with van der Waals surface area (Å²) in [5.41, 5.74) is 0. The number of hydrogen-bond acceptors (Lipinski definition) is 4. The van der Waals surface area contributed by atoms with Crippen molar-refractivity contribution in [3.8, 4) is 0 Å². The van der Waals surface area contributed by atoms with Gasteiger partial charge in [0.05, 0.1) is 5.92 Å². The van der Waals surface area contributed by atoms with E-state index in [1.165, 1.54) is 0 Å². The molecule has 0 aromatic rings. The van der Waals surface area contributed by atoms with Gasteiger partial charge in [-0.3, -0.25) is 4.79 Å². The fourth-order valence-corrected chi connectivity index (χ4v) is 2.85. The summed E-state index contributed by atoms with van der Waals surface area (Å²) in [7, 11) is 0. The first-order valence-corrected chi connectivity index (χ1v) is 7.10. The molecule has 2 aliphatic rings. The van der Waals surface area contributed by atoms with Crippen molar-refractivity contribution in [2.45, 2.75) is 17.6 Å². The van der Waals surface area contributed by atoms with E-state index in [0.29, 0.717) is 0 Å². The van der Waals surface area contributed by atoms with Crippen LogP contribution in [0.25, 0.3) is 0 Å². The predicted molar refractivity (Wildman–Crippen MR) is 65.7 cm³/mol. The van der Waals surface area contributed by atoms with Gasteiger partial charge in [-0.25, -0.2) is 0 Å². The topological polar surface area (TPSA) is 50.4 Å². The summed E-state index contributed by atoms with van der Waals surface area (Å²) in [6.07, 6.45) is 4.21. The van der Waals surface area contributed by atoms with Crippen LogP contribution in [0, 0.1) is 5.92 Å². The Bertz CT molecular complexity index is 250. The molecule has 2 aliphatic heterocycles. The maximum absolute atomic E-state index is 11.7. The molecule has 2 rings (SSSR count). The van der Waals surface area contributed by atoms with Crippen LogP contribution in [0.1, 0.15) is 12.8 Å². The SMILES string of the molecule is CSC1(CNC(=O)C2CNC2)CCOCC1. The van der Waals surface area contributed by atoms with E-state index >= 15 is 0 Å². The van der Waals surface area contributed by atoms with Crippen molar-refractivity contribution in [3.63, 3.8) is 0 Å². The summed E-state index contributed by atoms with van der Waals surface area (Å²) in [5.74, 6) is 0.400. The van der Waals surface area contributed by atoms with Gasteiger partial charge in [-0.05, 0) is 19.1 Å². The van der Waals surface area contributed by atoms with Crippen LogP contribution in [0.4, 0.5) is 0 Å². The summed E-state index contributed by atoms with van der Waals surface area (Å²) >= 11 is 1.86. The van der Waals surface area contributed by atoms with E-state index in [0.717, 1.165) is 45.7 Å². The Balaban J connectivity index is 1.79. The highest BCUT2D eigenvalue weighted by Gasteiger charge is 2.33. The summed E-state index contributed by atoms with van der Waals surface area (Å²) in [6.45, 7) is 4.10. The van der Waals surface area contributed by atoms with Crippen molar-refractivity contribution in [1.82, 2.24) is 10.6 Å². The molecule has 2 heterocycles. The Hall–Kier alpha value is -0.260. The van der Waals surface area contributed by atoms with Crippen LogP contribution >= 0.6 is 11.8 Å². The Kier molecular flexibility index (Phi) is 4.10. The highest BCUT2D eigenvalue weighted by Crippen LogP contribution is 2.33. The first-order chi connectivity index (χ1) is 7.76. The second-order valence-electron chi connectivity index (χ2n) is 4.57. The third-order valence-corrected chi connectivity index (χ3v) is 4.99. The zero-order chi connectivity index (χ0) is 11.4. The van der Waals surface area contributed by atoms with Crippen molar-refractivity contribution in [2.24, 2.45) is 5.92 Å². The number of amides is 1. The lowest BCUT2D eigenvalue weighted by atomic mass is 9.97. The van der Waals surface area contributed by atoms with E-state index in [1.807, 2.05) is 11.8 Å². The monoisotopic (exact) mass is 244 g/mol. The van der Waals surface area contributed by atoms with Crippen molar-refractivity contribution < 1.29 is 9.53 Å². The lowest BCUT2D eigenvalue weighted by molar-refractivity contribution is -0.126. The molecule has 0 unspecified atom stereocenters. The average molecular weight is 244 g/mol. The molecule has 0 aliphatic carbocycles. The number of ether oxygens (including phenoxy) is 1. The molecule has 0 atom stereocenters. The summed E-state index contributed by atoms with van der Waals surface area (Å²) in [6, 6.07) is 0. The Morgan fingerprint density at radius 2 is 2.19 bits per heavy atom. The molecule has 2 saturated heterocycles. The first-order valence-electron chi connectivity index (χ1n) is 5.87. The smallest absolute Gasteiger partial charge is 0.225 e. The van der Waals surface area contributed by atoms with Crippen molar-refractivity contribution in [2.75, 3.05) is 39.1 Å². The molecule has 2 fully saturated rings. The molecule has 0 bridgehead atoms. The van der Waals surface area contributed by atoms with E-state index in [2.05, 4.69) is 16.9 Å². The molecule has 0 aromatic carbocycles. The third-order valence-electron chi connectivity index (χ3n) is 3.57. The van der Waals surface area contributed by atoms with Crippen LogP contribution in [0.15, 0.2) is 0 Å². The van der Waals surface area contributed by atoms with E-state index < -0.39 is 0 Å². The van der Waals surface area contributed by atoms with E-state index in [-0.39, 0.29) is 16.6 Å². The van der Waals surface area contributed by atoms with Gasteiger partial charge in [-0.15, -0.1) is 0 Å². The molecule has 0 spiro atoms. The molecule has 5 heteroatoms. The summed E-state index contributed by atoms with van der Waals surface area (Å²) < 4.78 is 5.58. The second-order valence-corrected chi connectivity index (χ2v) is 5.85. The van der Waals surface area contributed by atoms with E-state index in [9.17, 15) is 4.79 Å². The predicted octanol–water partition coefficient (Wildman–Crippen LogP) is 0.234. The lowest BCUT2D eigenvalue weighted by Gasteiger charge is -2.36. The number of nitrogens with one attached hydrogen (secondary N) is 2. The van der Waals surface area contributed by atoms with Crippen LogP contribution in [-0.4, -0.2) is 49.8 Å². The van der Waals surface area contributed by atoms with Crippen LogP contribution in [0.2, 0.25) is 0 Å². The van der Waals surface area contributed by atoms with Gasteiger partial charge in [0, 0.05) is 37.6 Å². The van der Waals surface area contributed by atoms with Gasteiger partial charge in [0.25, 0.3) is 0 Å². The fourth-order valence-electron chi connectivity index (χ4n) is 2.06. The molecule has 16 heavy (non-hydrogen) atoms. The number of carbonyl (C=O) groups is 1. The van der Waals surface area contributed by atoms with Gasteiger partial charge in [0.15, 0.2) is 0 Å². The number of rotatable bonds is 4. The molecule has 0 saturated carbocycles.